The first-order valence-electron chi connectivity index (χ1n) is 9.24. The Morgan fingerprint density at radius 1 is 1.00 bits per heavy atom. The third-order valence-electron chi connectivity index (χ3n) is 5.43. The van der Waals surface area contributed by atoms with E-state index in [2.05, 4.69) is 27.7 Å². The Morgan fingerprint density at radius 2 is 1.69 bits per heavy atom. The second-order valence-electron chi connectivity index (χ2n) is 7.32. The second kappa shape index (κ2) is 7.38. The molecule has 2 aromatic rings. The van der Waals surface area contributed by atoms with Crippen molar-refractivity contribution >= 4 is 17.4 Å². The standard InChI is InChI=1S/C21H25N3O2/c25-20(22-14-17-4-2-1-3-5-17)23-18-6-8-19(9-7-18)24-12-10-21(11-13-24)15-26-16-21/h1-9H,10-16H2,(H2,22,23,25). The van der Waals surface area contributed by atoms with Crippen LogP contribution in [0, 0.1) is 5.41 Å². The van der Waals surface area contributed by atoms with Crippen LogP contribution in [0.5, 0.6) is 0 Å². The number of hydrogen-bond acceptors (Lipinski definition) is 3. The first kappa shape index (κ1) is 16.9. The Bertz CT molecular complexity index is 732. The molecule has 2 heterocycles. The zero-order valence-electron chi connectivity index (χ0n) is 14.9. The third-order valence-corrected chi connectivity index (χ3v) is 5.43. The zero-order chi connectivity index (χ0) is 17.8. The Labute approximate surface area is 154 Å². The predicted octanol–water partition coefficient (Wildman–Crippen LogP) is 3.63. The molecule has 2 fully saturated rings. The molecule has 136 valence electrons. The number of ether oxygens (including phenoxy) is 1. The van der Waals surface area contributed by atoms with Crippen LogP contribution in [0.2, 0.25) is 0 Å². The molecule has 2 aromatic carbocycles. The van der Waals surface area contributed by atoms with Gasteiger partial charge in [0.1, 0.15) is 0 Å². The Kier molecular flexibility index (Phi) is 4.80. The molecule has 26 heavy (non-hydrogen) atoms. The molecule has 0 aliphatic carbocycles. The van der Waals surface area contributed by atoms with Crippen molar-refractivity contribution < 1.29 is 9.53 Å². The number of amides is 2. The van der Waals surface area contributed by atoms with E-state index in [4.69, 9.17) is 4.74 Å². The van der Waals surface area contributed by atoms with Crippen LogP contribution in [0.15, 0.2) is 54.6 Å². The van der Waals surface area contributed by atoms with E-state index in [0.717, 1.165) is 37.6 Å². The molecule has 0 aromatic heterocycles. The number of nitrogens with zero attached hydrogens (tertiary/aromatic N) is 1. The lowest BCUT2D eigenvalue weighted by molar-refractivity contribution is -0.124. The molecule has 2 N–H and O–H groups in total. The normalized spacial score (nSPS) is 18.2. The number of carbonyl (C=O) groups is 1. The van der Waals surface area contributed by atoms with Crippen molar-refractivity contribution in [3.8, 4) is 0 Å². The van der Waals surface area contributed by atoms with E-state index in [1.54, 1.807) is 0 Å². The number of piperidine rings is 1. The van der Waals surface area contributed by atoms with Crippen LogP contribution in [-0.2, 0) is 11.3 Å². The van der Waals surface area contributed by atoms with E-state index in [0.29, 0.717) is 12.0 Å². The molecule has 2 aliphatic heterocycles. The average molecular weight is 351 g/mol. The van der Waals surface area contributed by atoms with Crippen molar-refractivity contribution in [1.29, 1.82) is 0 Å². The molecule has 5 nitrogen and oxygen atoms in total. The first-order chi connectivity index (χ1) is 12.7. The molecule has 2 saturated heterocycles. The number of nitrogens with one attached hydrogen (secondary N) is 2. The van der Waals surface area contributed by atoms with Crippen LogP contribution in [0.1, 0.15) is 18.4 Å². The van der Waals surface area contributed by atoms with E-state index < -0.39 is 0 Å². The van der Waals surface area contributed by atoms with Crippen LogP contribution < -0.4 is 15.5 Å². The van der Waals surface area contributed by atoms with Crippen LogP contribution >= 0.6 is 0 Å². The van der Waals surface area contributed by atoms with Gasteiger partial charge in [0.2, 0.25) is 0 Å². The second-order valence-corrected chi connectivity index (χ2v) is 7.32. The molecular weight excluding hydrogens is 326 g/mol. The van der Waals surface area contributed by atoms with Crippen LogP contribution in [0.3, 0.4) is 0 Å². The molecule has 2 aliphatic rings. The molecule has 2 amide bonds. The highest BCUT2D eigenvalue weighted by molar-refractivity contribution is 5.89. The molecule has 1 spiro atoms. The monoisotopic (exact) mass is 351 g/mol. The molecule has 0 radical (unpaired) electrons. The van der Waals surface area contributed by atoms with Crippen molar-refractivity contribution in [2.24, 2.45) is 5.41 Å². The average Bonchev–Trinajstić information content (AvgIpc) is 2.67. The molecule has 0 atom stereocenters. The number of urea groups is 1. The summed E-state index contributed by atoms with van der Waals surface area (Å²) in [4.78, 5) is 14.5. The lowest BCUT2D eigenvalue weighted by Gasteiger charge is -2.47. The van der Waals surface area contributed by atoms with Gasteiger partial charge in [0, 0.05) is 36.4 Å². The minimum atomic E-state index is -0.188. The fourth-order valence-electron chi connectivity index (χ4n) is 3.63. The number of benzene rings is 2. The van der Waals surface area contributed by atoms with Crippen LogP contribution in [0.25, 0.3) is 0 Å². The lowest BCUT2D eigenvalue weighted by atomic mass is 9.77. The van der Waals surface area contributed by atoms with Gasteiger partial charge in [-0.3, -0.25) is 0 Å². The van der Waals surface area contributed by atoms with Gasteiger partial charge in [-0.15, -0.1) is 0 Å². The topological polar surface area (TPSA) is 53.6 Å². The largest absolute Gasteiger partial charge is 0.380 e. The number of hydrogen-bond donors (Lipinski definition) is 2. The Morgan fingerprint density at radius 3 is 2.31 bits per heavy atom. The Hall–Kier alpha value is -2.53. The summed E-state index contributed by atoms with van der Waals surface area (Å²) in [7, 11) is 0. The van der Waals surface area contributed by atoms with Gasteiger partial charge in [-0.2, -0.15) is 0 Å². The molecular formula is C21H25N3O2. The first-order valence-corrected chi connectivity index (χ1v) is 9.24. The predicted molar refractivity (Wildman–Crippen MR) is 103 cm³/mol. The fraction of sp³-hybridized carbons (Fsp3) is 0.381. The summed E-state index contributed by atoms with van der Waals surface area (Å²) in [6.07, 6.45) is 2.41. The zero-order valence-corrected chi connectivity index (χ0v) is 14.9. The van der Waals surface area contributed by atoms with Crippen molar-refractivity contribution in [3.05, 3.63) is 60.2 Å². The van der Waals surface area contributed by atoms with Crippen LogP contribution in [-0.4, -0.2) is 32.3 Å². The van der Waals surface area contributed by atoms with Gasteiger partial charge >= 0.3 is 6.03 Å². The van der Waals surface area contributed by atoms with E-state index in [9.17, 15) is 4.79 Å². The summed E-state index contributed by atoms with van der Waals surface area (Å²) in [6.45, 7) is 4.54. The summed E-state index contributed by atoms with van der Waals surface area (Å²) in [5, 5.41) is 5.76. The summed E-state index contributed by atoms with van der Waals surface area (Å²) >= 11 is 0. The molecule has 5 heteroatoms. The maximum absolute atomic E-state index is 12.0. The van der Waals surface area contributed by atoms with Crippen molar-refractivity contribution in [2.75, 3.05) is 36.5 Å². The molecule has 0 unspecified atom stereocenters. The number of carbonyl (C=O) groups excluding carboxylic acids is 1. The van der Waals surface area contributed by atoms with Gasteiger partial charge in [-0.05, 0) is 42.7 Å². The van der Waals surface area contributed by atoms with Gasteiger partial charge in [-0.1, -0.05) is 30.3 Å². The van der Waals surface area contributed by atoms with Gasteiger partial charge < -0.3 is 20.3 Å². The maximum atomic E-state index is 12.0. The minimum absolute atomic E-state index is 0.188. The van der Waals surface area contributed by atoms with Gasteiger partial charge in [0.25, 0.3) is 0 Å². The fourth-order valence-corrected chi connectivity index (χ4v) is 3.63. The summed E-state index contributed by atoms with van der Waals surface area (Å²) in [5.74, 6) is 0. The maximum Gasteiger partial charge on any atom is 0.319 e. The number of anilines is 2. The van der Waals surface area contributed by atoms with E-state index in [-0.39, 0.29) is 6.03 Å². The number of rotatable bonds is 4. The van der Waals surface area contributed by atoms with Crippen LogP contribution in [0.4, 0.5) is 16.2 Å². The molecule has 4 rings (SSSR count). The van der Waals surface area contributed by atoms with Crippen molar-refractivity contribution in [3.63, 3.8) is 0 Å². The van der Waals surface area contributed by atoms with Crippen molar-refractivity contribution in [1.82, 2.24) is 5.32 Å². The van der Waals surface area contributed by atoms with Gasteiger partial charge in [0.15, 0.2) is 0 Å². The highest BCUT2D eigenvalue weighted by atomic mass is 16.5. The molecule has 0 bridgehead atoms. The van der Waals surface area contributed by atoms with E-state index in [1.807, 2.05) is 42.5 Å². The summed E-state index contributed by atoms with van der Waals surface area (Å²) in [5.41, 5.74) is 3.56. The molecule has 0 saturated carbocycles. The van der Waals surface area contributed by atoms with Gasteiger partial charge in [-0.25, -0.2) is 4.79 Å². The highest BCUT2D eigenvalue weighted by Crippen LogP contribution is 2.39. The minimum Gasteiger partial charge on any atom is -0.380 e. The smallest absolute Gasteiger partial charge is 0.319 e. The quantitative estimate of drug-likeness (QED) is 0.884. The van der Waals surface area contributed by atoms with E-state index in [1.165, 1.54) is 18.5 Å². The third kappa shape index (κ3) is 3.83. The lowest BCUT2D eigenvalue weighted by Crippen LogP contribution is -2.50. The van der Waals surface area contributed by atoms with E-state index >= 15 is 0 Å². The highest BCUT2D eigenvalue weighted by Gasteiger charge is 2.41. The SMILES string of the molecule is O=C(NCc1ccccc1)Nc1ccc(N2CCC3(CC2)COC3)cc1. The van der Waals surface area contributed by atoms with Gasteiger partial charge in [0.05, 0.1) is 13.2 Å². The summed E-state index contributed by atoms with van der Waals surface area (Å²) < 4.78 is 5.39. The Balaban J connectivity index is 1.27. The van der Waals surface area contributed by atoms with Crippen molar-refractivity contribution in [2.45, 2.75) is 19.4 Å². The summed E-state index contributed by atoms with van der Waals surface area (Å²) in [6, 6.07) is 17.8.